The number of pyridine rings is 1. The molecule has 1 heterocycles. The number of nitrogens with one attached hydrogen (secondary N) is 1. The molecule has 0 aliphatic rings. The number of aromatic nitrogens is 1. The molecule has 3 aromatic rings. The summed E-state index contributed by atoms with van der Waals surface area (Å²) < 4.78 is 26.2. The van der Waals surface area contributed by atoms with Crippen molar-refractivity contribution in [2.24, 2.45) is 0 Å². The molecule has 0 amide bonds. The predicted molar refractivity (Wildman–Crippen MR) is 110 cm³/mol. The lowest BCUT2D eigenvalue weighted by molar-refractivity contribution is 0.161. The highest BCUT2D eigenvalue weighted by molar-refractivity contribution is 5.85. The Hall–Kier alpha value is -2.08. The maximum Gasteiger partial charge on any atom is 0.159 e. The van der Waals surface area contributed by atoms with Gasteiger partial charge in [0.25, 0.3) is 0 Å². The number of hydrogen-bond acceptors (Lipinski definition) is 3. The zero-order valence-electron chi connectivity index (χ0n) is 15.7. The first-order valence-electron chi connectivity index (χ1n) is 9.22. The molecule has 3 nitrogen and oxygen atoms in total. The molecule has 0 bridgehead atoms. The third-order valence-corrected chi connectivity index (χ3v) is 4.80. The highest BCUT2D eigenvalue weighted by atomic mass is 35.5. The summed E-state index contributed by atoms with van der Waals surface area (Å²) in [5, 5.41) is 15.9. The minimum atomic E-state index is -0.923. The number of halogens is 3. The summed E-state index contributed by atoms with van der Waals surface area (Å²) in [4.78, 5) is 4.12. The summed E-state index contributed by atoms with van der Waals surface area (Å²) in [6.45, 7) is 2.88. The second-order valence-corrected chi connectivity index (χ2v) is 6.96. The van der Waals surface area contributed by atoms with Gasteiger partial charge in [0.2, 0.25) is 0 Å². The van der Waals surface area contributed by atoms with E-state index in [1.165, 1.54) is 17.0 Å². The van der Waals surface area contributed by atoms with Gasteiger partial charge in [0, 0.05) is 30.4 Å². The topological polar surface area (TPSA) is 45.1 Å². The Bertz CT molecular complexity index is 907. The van der Waals surface area contributed by atoms with Crippen molar-refractivity contribution in [1.82, 2.24) is 10.3 Å². The number of aliphatic hydroxyl groups excluding tert-OH is 1. The lowest BCUT2D eigenvalue weighted by atomic mass is 10.0. The average Bonchev–Trinajstić information content (AvgIpc) is 2.68. The summed E-state index contributed by atoms with van der Waals surface area (Å²) in [6.07, 6.45) is 5.06. The van der Waals surface area contributed by atoms with Crippen molar-refractivity contribution in [3.8, 4) is 0 Å². The smallest absolute Gasteiger partial charge is 0.159 e. The zero-order valence-corrected chi connectivity index (χ0v) is 16.6. The molecule has 2 atom stereocenters. The molecule has 3 rings (SSSR count). The van der Waals surface area contributed by atoms with Crippen molar-refractivity contribution >= 4 is 23.2 Å². The number of aliphatic hydroxyl groups is 1. The predicted octanol–water partition coefficient (Wildman–Crippen LogP) is 5.32. The van der Waals surface area contributed by atoms with Gasteiger partial charge in [-0.05, 0) is 67.0 Å². The Labute approximate surface area is 170 Å². The Morgan fingerprint density at radius 3 is 2.61 bits per heavy atom. The van der Waals surface area contributed by atoms with Crippen LogP contribution in [0.3, 0.4) is 0 Å². The SMILES string of the molecule is C[C@H](CCCC(O)c1ccc(F)c(F)c1)NCc1ccc2cnccc2c1.Cl. The number of rotatable bonds is 8. The van der Waals surface area contributed by atoms with Gasteiger partial charge in [-0.15, -0.1) is 12.4 Å². The van der Waals surface area contributed by atoms with E-state index < -0.39 is 17.7 Å². The fraction of sp³-hybridized carbons (Fsp3) is 0.318. The minimum absolute atomic E-state index is 0. The van der Waals surface area contributed by atoms with Crippen LogP contribution in [0.5, 0.6) is 0 Å². The first kappa shape index (κ1) is 22.2. The van der Waals surface area contributed by atoms with Crippen LogP contribution >= 0.6 is 12.4 Å². The van der Waals surface area contributed by atoms with Crippen LogP contribution in [-0.2, 0) is 6.54 Å². The van der Waals surface area contributed by atoms with E-state index in [0.29, 0.717) is 12.0 Å². The summed E-state index contributed by atoms with van der Waals surface area (Å²) in [5.74, 6) is -1.82. The van der Waals surface area contributed by atoms with E-state index in [0.717, 1.165) is 36.9 Å². The van der Waals surface area contributed by atoms with Gasteiger partial charge in [-0.25, -0.2) is 8.78 Å². The Morgan fingerprint density at radius 1 is 1.00 bits per heavy atom. The summed E-state index contributed by atoms with van der Waals surface area (Å²) in [7, 11) is 0. The highest BCUT2D eigenvalue weighted by Crippen LogP contribution is 2.21. The Kier molecular flexibility index (Phi) is 8.30. The highest BCUT2D eigenvalue weighted by Gasteiger charge is 2.11. The maximum atomic E-state index is 13.2. The van der Waals surface area contributed by atoms with Crippen LogP contribution in [0, 0.1) is 11.6 Å². The van der Waals surface area contributed by atoms with Crippen molar-refractivity contribution < 1.29 is 13.9 Å². The van der Waals surface area contributed by atoms with Crippen LogP contribution in [0.2, 0.25) is 0 Å². The number of fused-ring (bicyclic) bond motifs is 1. The summed E-state index contributed by atoms with van der Waals surface area (Å²) in [6, 6.07) is 12.2. The molecule has 2 aromatic carbocycles. The second-order valence-electron chi connectivity index (χ2n) is 6.96. The molecule has 0 radical (unpaired) electrons. The number of benzene rings is 2. The molecule has 0 aliphatic heterocycles. The van der Waals surface area contributed by atoms with Crippen LogP contribution in [0.4, 0.5) is 8.78 Å². The van der Waals surface area contributed by atoms with Gasteiger partial charge in [0.1, 0.15) is 0 Å². The van der Waals surface area contributed by atoms with E-state index in [-0.39, 0.29) is 18.4 Å². The number of nitrogens with zero attached hydrogens (tertiary/aromatic N) is 1. The Morgan fingerprint density at radius 2 is 1.82 bits per heavy atom. The zero-order chi connectivity index (χ0) is 19.2. The van der Waals surface area contributed by atoms with Crippen LogP contribution in [0.15, 0.2) is 54.9 Å². The Balaban J connectivity index is 0.00000280. The van der Waals surface area contributed by atoms with Crippen LogP contribution in [0.25, 0.3) is 10.8 Å². The third-order valence-electron chi connectivity index (χ3n) is 4.80. The van der Waals surface area contributed by atoms with E-state index >= 15 is 0 Å². The molecular formula is C22H25ClF2N2O. The quantitative estimate of drug-likeness (QED) is 0.532. The third kappa shape index (κ3) is 5.96. The van der Waals surface area contributed by atoms with E-state index in [1.54, 1.807) is 6.20 Å². The first-order valence-corrected chi connectivity index (χ1v) is 9.22. The van der Waals surface area contributed by atoms with Crippen molar-refractivity contribution in [1.29, 1.82) is 0 Å². The van der Waals surface area contributed by atoms with Crippen molar-refractivity contribution in [2.75, 3.05) is 0 Å². The lowest BCUT2D eigenvalue weighted by Crippen LogP contribution is -2.25. The van der Waals surface area contributed by atoms with Crippen molar-refractivity contribution in [2.45, 2.75) is 44.9 Å². The molecule has 2 N–H and O–H groups in total. The van der Waals surface area contributed by atoms with E-state index in [2.05, 4.69) is 35.4 Å². The molecule has 0 fully saturated rings. The monoisotopic (exact) mass is 406 g/mol. The first-order chi connectivity index (χ1) is 13.0. The molecule has 28 heavy (non-hydrogen) atoms. The van der Waals surface area contributed by atoms with Gasteiger partial charge in [0.05, 0.1) is 6.10 Å². The van der Waals surface area contributed by atoms with E-state index in [4.69, 9.17) is 0 Å². The fourth-order valence-corrected chi connectivity index (χ4v) is 3.14. The van der Waals surface area contributed by atoms with Gasteiger partial charge in [-0.2, -0.15) is 0 Å². The molecule has 0 saturated carbocycles. The molecule has 150 valence electrons. The van der Waals surface area contributed by atoms with Crippen LogP contribution in [-0.4, -0.2) is 16.1 Å². The minimum Gasteiger partial charge on any atom is -0.388 e. The second kappa shape index (κ2) is 10.5. The van der Waals surface area contributed by atoms with Crippen molar-refractivity contribution in [3.63, 3.8) is 0 Å². The van der Waals surface area contributed by atoms with Crippen LogP contribution in [0.1, 0.15) is 43.4 Å². The fourth-order valence-electron chi connectivity index (χ4n) is 3.14. The maximum absolute atomic E-state index is 13.2. The molecule has 0 saturated heterocycles. The summed E-state index contributed by atoms with van der Waals surface area (Å²) >= 11 is 0. The normalized spacial score (nSPS) is 13.1. The van der Waals surface area contributed by atoms with Gasteiger partial charge in [0.15, 0.2) is 11.6 Å². The van der Waals surface area contributed by atoms with Crippen LogP contribution < -0.4 is 5.32 Å². The summed E-state index contributed by atoms with van der Waals surface area (Å²) in [5.41, 5.74) is 1.63. The van der Waals surface area contributed by atoms with Crippen molar-refractivity contribution in [3.05, 3.63) is 77.6 Å². The van der Waals surface area contributed by atoms with E-state index in [9.17, 15) is 13.9 Å². The van der Waals surface area contributed by atoms with Gasteiger partial charge >= 0.3 is 0 Å². The molecule has 0 spiro atoms. The molecule has 1 aromatic heterocycles. The standard InChI is InChI=1S/C22H24F2N2O.ClH/c1-15(3-2-4-22(27)18-7-8-20(23)21(24)12-18)26-13-16-5-6-19-14-25-10-9-17(19)11-16;/h5-12,14-15,22,26-27H,2-4,13H2,1H3;1H/t15-,22?;/m1./s1. The molecule has 1 unspecified atom stereocenters. The molecular weight excluding hydrogens is 382 g/mol. The average molecular weight is 407 g/mol. The largest absolute Gasteiger partial charge is 0.388 e. The van der Waals surface area contributed by atoms with Gasteiger partial charge < -0.3 is 10.4 Å². The molecule has 0 aliphatic carbocycles. The molecule has 6 heteroatoms. The number of hydrogen-bond donors (Lipinski definition) is 2. The van der Waals surface area contributed by atoms with Gasteiger partial charge in [-0.3, -0.25) is 4.98 Å². The van der Waals surface area contributed by atoms with Gasteiger partial charge in [-0.1, -0.05) is 18.2 Å². The lowest BCUT2D eigenvalue weighted by Gasteiger charge is -2.16. The van der Waals surface area contributed by atoms with E-state index in [1.807, 2.05) is 12.3 Å².